The van der Waals surface area contributed by atoms with Gasteiger partial charge < -0.3 is 4.74 Å². The molecule has 2 heterocycles. The smallest absolute Gasteiger partial charge is 0.244 e. The third-order valence-corrected chi connectivity index (χ3v) is 7.39. The van der Waals surface area contributed by atoms with E-state index in [0.29, 0.717) is 29.4 Å². The molecule has 0 radical (unpaired) electrons. The zero-order valence-electron chi connectivity index (χ0n) is 15.3. The number of carbonyl (C=O) groups is 1. The number of pyridine rings is 1. The van der Waals surface area contributed by atoms with Crippen LogP contribution >= 0.6 is 11.8 Å². The number of sulfonamides is 1. The first kappa shape index (κ1) is 19.9. The predicted molar refractivity (Wildman–Crippen MR) is 105 cm³/mol. The lowest BCUT2D eigenvalue weighted by atomic mass is 10.1. The third kappa shape index (κ3) is 4.51. The Labute approximate surface area is 164 Å². The zero-order chi connectivity index (χ0) is 19.4. The van der Waals surface area contributed by atoms with Crippen molar-refractivity contribution < 1.29 is 17.9 Å². The van der Waals surface area contributed by atoms with Gasteiger partial charge in [-0.25, -0.2) is 13.4 Å². The number of thioether (sulfide) groups is 1. The Morgan fingerprint density at radius 1 is 1.15 bits per heavy atom. The summed E-state index contributed by atoms with van der Waals surface area (Å²) in [5, 5.41) is 0.275. The van der Waals surface area contributed by atoms with Crippen LogP contribution in [0.2, 0.25) is 0 Å². The molecule has 2 aromatic rings. The summed E-state index contributed by atoms with van der Waals surface area (Å²) in [7, 11) is -1.89. The van der Waals surface area contributed by atoms with Crippen LogP contribution in [-0.2, 0) is 10.0 Å². The van der Waals surface area contributed by atoms with Gasteiger partial charge in [-0.05, 0) is 56.2 Å². The van der Waals surface area contributed by atoms with Crippen LogP contribution in [0.4, 0.5) is 0 Å². The monoisotopic (exact) mass is 406 g/mol. The topological polar surface area (TPSA) is 76.6 Å². The van der Waals surface area contributed by atoms with Crippen LogP contribution in [0, 0.1) is 0 Å². The number of carbonyl (C=O) groups excluding carboxylic acids is 1. The summed E-state index contributed by atoms with van der Waals surface area (Å²) in [6.45, 7) is 2.94. The minimum absolute atomic E-state index is 0.0155. The van der Waals surface area contributed by atoms with Crippen molar-refractivity contribution in [2.24, 2.45) is 0 Å². The Bertz CT molecular complexity index is 890. The molecule has 1 fully saturated rings. The summed E-state index contributed by atoms with van der Waals surface area (Å²) in [6, 6.07) is 10.2. The lowest BCUT2D eigenvalue weighted by molar-refractivity contribution is 0.0994. The molecule has 0 saturated carbocycles. The molecule has 0 bridgehead atoms. The quantitative estimate of drug-likeness (QED) is 0.519. The molecule has 0 N–H and O–H groups in total. The average Bonchev–Trinajstić information content (AvgIpc) is 3.23. The fourth-order valence-electron chi connectivity index (χ4n) is 2.89. The molecule has 27 heavy (non-hydrogen) atoms. The molecule has 0 amide bonds. The van der Waals surface area contributed by atoms with Crippen molar-refractivity contribution in [2.75, 3.05) is 20.2 Å². The summed E-state index contributed by atoms with van der Waals surface area (Å²) in [6.07, 6.45) is 3.16. The highest BCUT2D eigenvalue weighted by Crippen LogP contribution is 2.27. The molecule has 3 rings (SSSR count). The lowest BCUT2D eigenvalue weighted by Gasteiger charge is -2.15. The zero-order valence-corrected chi connectivity index (χ0v) is 16.9. The number of Topliss-reactive ketones (excluding diaryl/α,β-unsaturated/α-hetero) is 1. The summed E-state index contributed by atoms with van der Waals surface area (Å²) in [4.78, 5) is 17.0. The second kappa shape index (κ2) is 8.41. The van der Waals surface area contributed by atoms with Crippen LogP contribution in [0.25, 0.3) is 0 Å². The summed E-state index contributed by atoms with van der Waals surface area (Å²) >= 11 is 1.31. The number of rotatable bonds is 7. The summed E-state index contributed by atoms with van der Waals surface area (Å²) in [5.74, 6) is 0.682. The number of nitrogens with zero attached hydrogens (tertiary/aromatic N) is 2. The van der Waals surface area contributed by atoms with E-state index in [1.165, 1.54) is 22.3 Å². The minimum Gasteiger partial charge on any atom is -0.497 e. The average molecular weight is 407 g/mol. The van der Waals surface area contributed by atoms with Gasteiger partial charge in [0.05, 0.1) is 17.4 Å². The van der Waals surface area contributed by atoms with Gasteiger partial charge >= 0.3 is 0 Å². The van der Waals surface area contributed by atoms with Crippen LogP contribution in [0.15, 0.2) is 52.5 Å². The van der Waals surface area contributed by atoms with Crippen molar-refractivity contribution in [2.45, 2.75) is 34.9 Å². The molecule has 8 heteroatoms. The molecular formula is C19H22N2O4S2. The molecule has 1 aliphatic heterocycles. The Morgan fingerprint density at radius 3 is 2.37 bits per heavy atom. The van der Waals surface area contributed by atoms with Gasteiger partial charge in [0.25, 0.3) is 0 Å². The Kier molecular flexibility index (Phi) is 6.18. The van der Waals surface area contributed by atoms with Crippen molar-refractivity contribution >= 4 is 27.6 Å². The molecule has 144 valence electrons. The standard InChI is InChI=1S/C19H22N2O4S2/c1-14(19(22)15-5-7-16(25-2)8-6-15)26-18-10-9-17(13-20-18)27(23,24)21-11-3-4-12-21/h5-10,13-14H,3-4,11-12H2,1-2H3. The van der Waals surface area contributed by atoms with E-state index >= 15 is 0 Å². The molecule has 0 aliphatic carbocycles. The first-order valence-electron chi connectivity index (χ1n) is 8.73. The van der Waals surface area contributed by atoms with Crippen LogP contribution in [0.1, 0.15) is 30.1 Å². The highest BCUT2D eigenvalue weighted by molar-refractivity contribution is 8.00. The molecule has 1 unspecified atom stereocenters. The van der Waals surface area contributed by atoms with Gasteiger partial charge in [0, 0.05) is 24.8 Å². The van der Waals surface area contributed by atoms with Crippen LogP contribution in [0.5, 0.6) is 5.75 Å². The maximum atomic E-state index is 12.6. The first-order valence-corrected chi connectivity index (χ1v) is 11.0. The van der Waals surface area contributed by atoms with Gasteiger partial charge in [-0.2, -0.15) is 4.31 Å². The normalized spacial score (nSPS) is 16.2. The second-order valence-corrected chi connectivity index (χ2v) is 9.60. The number of hydrogen-bond donors (Lipinski definition) is 0. The fourth-order valence-corrected chi connectivity index (χ4v) is 5.22. The van der Waals surface area contributed by atoms with Crippen molar-refractivity contribution in [1.29, 1.82) is 0 Å². The van der Waals surface area contributed by atoms with Crippen LogP contribution < -0.4 is 4.74 Å². The van der Waals surface area contributed by atoms with Gasteiger partial charge in [-0.1, -0.05) is 11.8 Å². The van der Waals surface area contributed by atoms with Gasteiger partial charge in [-0.3, -0.25) is 4.79 Å². The Morgan fingerprint density at radius 2 is 1.81 bits per heavy atom. The van der Waals surface area contributed by atoms with E-state index in [-0.39, 0.29) is 15.9 Å². The van der Waals surface area contributed by atoms with E-state index in [9.17, 15) is 13.2 Å². The van der Waals surface area contributed by atoms with E-state index in [1.54, 1.807) is 43.5 Å². The molecule has 1 aliphatic rings. The van der Waals surface area contributed by atoms with Crippen LogP contribution in [0.3, 0.4) is 0 Å². The van der Waals surface area contributed by atoms with Crippen LogP contribution in [-0.4, -0.2) is 48.9 Å². The summed E-state index contributed by atoms with van der Waals surface area (Å²) < 4.78 is 31.7. The lowest BCUT2D eigenvalue weighted by Crippen LogP contribution is -2.27. The molecule has 1 atom stereocenters. The van der Waals surface area contributed by atoms with Crippen molar-refractivity contribution in [3.8, 4) is 5.75 Å². The maximum absolute atomic E-state index is 12.6. The second-order valence-electron chi connectivity index (χ2n) is 6.30. The van der Waals surface area contributed by atoms with Crippen molar-refractivity contribution in [3.05, 3.63) is 48.2 Å². The molecular weight excluding hydrogens is 384 g/mol. The van der Waals surface area contributed by atoms with Gasteiger partial charge in [0.1, 0.15) is 10.6 Å². The fraction of sp³-hybridized carbons (Fsp3) is 0.368. The van der Waals surface area contributed by atoms with Gasteiger partial charge in [0.2, 0.25) is 10.0 Å². The SMILES string of the molecule is COc1ccc(C(=O)C(C)Sc2ccc(S(=O)(=O)N3CCCC3)cn2)cc1. The van der Waals surface area contributed by atoms with Crippen molar-refractivity contribution in [3.63, 3.8) is 0 Å². The third-order valence-electron chi connectivity index (χ3n) is 4.45. The number of aromatic nitrogens is 1. The molecule has 1 aromatic carbocycles. The molecule has 1 aromatic heterocycles. The van der Waals surface area contributed by atoms with E-state index in [0.717, 1.165) is 12.8 Å². The number of hydrogen-bond acceptors (Lipinski definition) is 6. The number of benzene rings is 1. The van der Waals surface area contributed by atoms with Crippen molar-refractivity contribution in [1.82, 2.24) is 9.29 Å². The number of ether oxygens (including phenoxy) is 1. The van der Waals surface area contributed by atoms with Gasteiger partial charge in [-0.15, -0.1) is 0 Å². The maximum Gasteiger partial charge on any atom is 0.244 e. The first-order chi connectivity index (χ1) is 12.9. The molecule has 0 spiro atoms. The predicted octanol–water partition coefficient (Wildman–Crippen LogP) is 3.24. The summed E-state index contributed by atoms with van der Waals surface area (Å²) in [5.41, 5.74) is 0.601. The number of ketones is 1. The van der Waals surface area contributed by atoms with E-state index in [1.807, 2.05) is 6.92 Å². The molecule has 6 nitrogen and oxygen atoms in total. The minimum atomic E-state index is -3.47. The van der Waals surface area contributed by atoms with E-state index in [4.69, 9.17) is 4.74 Å². The van der Waals surface area contributed by atoms with E-state index < -0.39 is 10.0 Å². The number of methoxy groups -OCH3 is 1. The van der Waals surface area contributed by atoms with Gasteiger partial charge in [0.15, 0.2) is 5.78 Å². The van der Waals surface area contributed by atoms with E-state index in [2.05, 4.69) is 4.98 Å². The largest absolute Gasteiger partial charge is 0.497 e. The Balaban J connectivity index is 1.67. The highest BCUT2D eigenvalue weighted by atomic mass is 32.2. The highest BCUT2D eigenvalue weighted by Gasteiger charge is 2.27. The Hall–Kier alpha value is -1.90. The molecule has 1 saturated heterocycles.